The molecule has 0 bridgehead atoms. The number of nitrogens with one attached hydrogen (secondary N) is 1. The largest absolute Gasteiger partial charge is 0.394 e. The molecule has 2 N–H and O–H groups in total. The Morgan fingerprint density at radius 3 is 2.58 bits per heavy atom. The minimum atomic E-state index is -0.621. The molecule has 1 aromatic heterocycles. The highest BCUT2D eigenvalue weighted by atomic mass is 19.1. The van der Waals surface area contributed by atoms with E-state index in [1.807, 2.05) is 6.92 Å². The van der Waals surface area contributed by atoms with Gasteiger partial charge in [0.25, 0.3) is 0 Å². The van der Waals surface area contributed by atoms with Crippen molar-refractivity contribution in [2.45, 2.75) is 57.0 Å². The van der Waals surface area contributed by atoms with Gasteiger partial charge in [-0.25, -0.2) is 4.39 Å². The summed E-state index contributed by atoms with van der Waals surface area (Å²) in [7, 11) is 0. The van der Waals surface area contributed by atoms with E-state index in [0.717, 1.165) is 12.8 Å². The molecule has 0 radical (unpaired) electrons. The predicted octanol–water partition coefficient (Wildman–Crippen LogP) is 2.74. The predicted molar refractivity (Wildman–Crippen MR) is 73.3 cm³/mol. The fraction of sp³-hybridized carbons (Fsp3) is 0.667. The van der Waals surface area contributed by atoms with E-state index in [1.165, 1.54) is 37.9 Å². The zero-order valence-electron chi connectivity index (χ0n) is 11.5. The zero-order valence-corrected chi connectivity index (χ0v) is 11.5. The van der Waals surface area contributed by atoms with Crippen LogP contribution in [0.1, 0.15) is 51.0 Å². The summed E-state index contributed by atoms with van der Waals surface area (Å²) in [5.41, 5.74) is 0.0867. The van der Waals surface area contributed by atoms with Gasteiger partial charge in [-0.2, -0.15) is 0 Å². The molecule has 0 amide bonds. The van der Waals surface area contributed by atoms with Gasteiger partial charge in [-0.1, -0.05) is 25.7 Å². The summed E-state index contributed by atoms with van der Waals surface area (Å²) in [6.45, 7) is 1.85. The topological polar surface area (TPSA) is 45.1 Å². The quantitative estimate of drug-likeness (QED) is 0.824. The van der Waals surface area contributed by atoms with Crippen molar-refractivity contribution in [1.29, 1.82) is 0 Å². The maximum atomic E-state index is 13.3. The van der Waals surface area contributed by atoms with Gasteiger partial charge >= 0.3 is 0 Å². The van der Waals surface area contributed by atoms with Crippen LogP contribution >= 0.6 is 0 Å². The van der Waals surface area contributed by atoms with Crippen molar-refractivity contribution in [2.75, 3.05) is 6.61 Å². The lowest BCUT2D eigenvalue weighted by Gasteiger charge is -2.33. The van der Waals surface area contributed by atoms with Crippen LogP contribution in [0.3, 0.4) is 0 Å². The minimum Gasteiger partial charge on any atom is -0.394 e. The highest BCUT2D eigenvalue weighted by Gasteiger charge is 2.29. The van der Waals surface area contributed by atoms with E-state index < -0.39 is 5.54 Å². The Hall–Kier alpha value is -1.00. The van der Waals surface area contributed by atoms with Gasteiger partial charge in [0.1, 0.15) is 5.82 Å². The van der Waals surface area contributed by atoms with Crippen molar-refractivity contribution in [3.63, 3.8) is 0 Å². The van der Waals surface area contributed by atoms with Crippen LogP contribution in [0.5, 0.6) is 0 Å². The first kappa shape index (κ1) is 14.4. The average molecular weight is 266 g/mol. The monoisotopic (exact) mass is 266 g/mol. The molecule has 1 fully saturated rings. The molecule has 106 valence electrons. The van der Waals surface area contributed by atoms with Crippen LogP contribution in [-0.2, 0) is 5.54 Å². The molecule has 2 rings (SSSR count). The van der Waals surface area contributed by atoms with Gasteiger partial charge in [-0.15, -0.1) is 0 Å². The van der Waals surface area contributed by atoms with E-state index in [2.05, 4.69) is 10.3 Å². The first-order chi connectivity index (χ1) is 9.14. The Morgan fingerprint density at radius 2 is 2.00 bits per heavy atom. The van der Waals surface area contributed by atoms with E-state index in [-0.39, 0.29) is 12.4 Å². The van der Waals surface area contributed by atoms with Crippen LogP contribution < -0.4 is 5.32 Å². The molecule has 1 unspecified atom stereocenters. The third-order valence-electron chi connectivity index (χ3n) is 4.04. The fourth-order valence-corrected chi connectivity index (χ4v) is 2.81. The average Bonchev–Trinajstić information content (AvgIpc) is 2.67. The maximum absolute atomic E-state index is 13.3. The Bertz CT molecular complexity index is 405. The van der Waals surface area contributed by atoms with E-state index >= 15 is 0 Å². The van der Waals surface area contributed by atoms with E-state index in [4.69, 9.17) is 0 Å². The van der Waals surface area contributed by atoms with Crippen molar-refractivity contribution in [2.24, 2.45) is 0 Å². The molecule has 4 heteroatoms. The fourth-order valence-electron chi connectivity index (χ4n) is 2.81. The lowest BCUT2D eigenvalue weighted by Crippen LogP contribution is -2.48. The summed E-state index contributed by atoms with van der Waals surface area (Å²) >= 11 is 0. The van der Waals surface area contributed by atoms with Crippen molar-refractivity contribution >= 4 is 0 Å². The molecule has 1 aliphatic rings. The Morgan fingerprint density at radius 1 is 1.32 bits per heavy atom. The van der Waals surface area contributed by atoms with Crippen molar-refractivity contribution in [3.05, 3.63) is 29.8 Å². The van der Waals surface area contributed by atoms with Gasteiger partial charge < -0.3 is 10.4 Å². The summed E-state index contributed by atoms with van der Waals surface area (Å²) in [5, 5.41) is 13.2. The van der Waals surface area contributed by atoms with Crippen molar-refractivity contribution in [3.8, 4) is 0 Å². The van der Waals surface area contributed by atoms with Gasteiger partial charge in [0.05, 0.1) is 18.3 Å². The molecular formula is C15H23FN2O. The van der Waals surface area contributed by atoms with Crippen LogP contribution in [0, 0.1) is 5.82 Å². The highest BCUT2D eigenvalue weighted by molar-refractivity contribution is 5.21. The number of nitrogens with zero attached hydrogens (tertiary/aromatic N) is 1. The van der Waals surface area contributed by atoms with Gasteiger partial charge in [0.15, 0.2) is 0 Å². The smallest absolute Gasteiger partial charge is 0.141 e. The van der Waals surface area contributed by atoms with Gasteiger partial charge in [0.2, 0.25) is 0 Å². The molecule has 19 heavy (non-hydrogen) atoms. The third kappa shape index (κ3) is 3.74. The molecule has 0 aromatic carbocycles. The molecule has 0 spiro atoms. The summed E-state index contributed by atoms with van der Waals surface area (Å²) in [4.78, 5) is 3.88. The van der Waals surface area contributed by atoms with Crippen LogP contribution in [0.15, 0.2) is 18.5 Å². The van der Waals surface area contributed by atoms with Crippen LogP contribution in [0.25, 0.3) is 0 Å². The number of aliphatic hydroxyl groups is 1. The minimum absolute atomic E-state index is 0.0609. The van der Waals surface area contributed by atoms with Gasteiger partial charge in [-0.05, 0) is 31.4 Å². The number of hydrogen-bond donors (Lipinski definition) is 2. The lowest BCUT2D eigenvalue weighted by molar-refractivity contribution is 0.156. The number of rotatable bonds is 4. The van der Waals surface area contributed by atoms with Crippen LogP contribution in [0.4, 0.5) is 4.39 Å². The number of aromatic nitrogens is 1. The highest BCUT2D eigenvalue weighted by Crippen LogP contribution is 2.25. The van der Waals surface area contributed by atoms with E-state index in [9.17, 15) is 9.50 Å². The number of aliphatic hydroxyl groups excluding tert-OH is 1. The molecule has 0 aliphatic heterocycles. The second-order valence-electron chi connectivity index (χ2n) is 5.71. The molecule has 3 nitrogen and oxygen atoms in total. The first-order valence-corrected chi connectivity index (χ1v) is 7.14. The molecule has 1 heterocycles. The lowest BCUT2D eigenvalue weighted by atomic mass is 9.92. The van der Waals surface area contributed by atoms with Crippen molar-refractivity contribution < 1.29 is 9.50 Å². The zero-order chi connectivity index (χ0) is 13.7. The molecule has 1 aromatic rings. The summed E-state index contributed by atoms with van der Waals surface area (Å²) in [5.74, 6) is -0.361. The molecule has 0 saturated heterocycles. The molecular weight excluding hydrogens is 243 g/mol. The summed E-state index contributed by atoms with van der Waals surface area (Å²) in [6.07, 6.45) is 10.1. The summed E-state index contributed by atoms with van der Waals surface area (Å²) < 4.78 is 13.3. The third-order valence-corrected chi connectivity index (χ3v) is 4.04. The summed E-state index contributed by atoms with van der Waals surface area (Å²) in [6, 6.07) is 1.84. The van der Waals surface area contributed by atoms with Gasteiger partial charge in [0, 0.05) is 12.2 Å². The van der Waals surface area contributed by atoms with E-state index in [0.29, 0.717) is 11.6 Å². The second-order valence-corrected chi connectivity index (χ2v) is 5.71. The number of pyridine rings is 1. The molecule has 1 atom stereocenters. The Kier molecular flexibility index (Phi) is 4.88. The molecule has 1 saturated carbocycles. The number of halogens is 1. The normalized spacial score (nSPS) is 20.8. The van der Waals surface area contributed by atoms with Crippen molar-refractivity contribution in [1.82, 2.24) is 10.3 Å². The van der Waals surface area contributed by atoms with Gasteiger partial charge in [-0.3, -0.25) is 4.98 Å². The second kappa shape index (κ2) is 6.44. The molecule has 1 aliphatic carbocycles. The van der Waals surface area contributed by atoms with Crippen LogP contribution in [-0.4, -0.2) is 22.7 Å². The Balaban J connectivity index is 2.12. The standard InChI is InChI=1S/C15H23FN2O/c1-15(11-19,12-8-13(16)10-17-9-12)18-14-6-4-2-3-5-7-14/h8-10,14,18-19H,2-7,11H2,1H3. The SMILES string of the molecule is CC(CO)(NC1CCCCCC1)c1cncc(F)c1. The first-order valence-electron chi connectivity index (χ1n) is 7.14. The Labute approximate surface area is 114 Å². The number of hydrogen-bond acceptors (Lipinski definition) is 3. The van der Waals surface area contributed by atoms with Crippen LogP contribution in [0.2, 0.25) is 0 Å². The maximum Gasteiger partial charge on any atom is 0.141 e. The van der Waals surface area contributed by atoms with E-state index in [1.54, 1.807) is 6.20 Å².